The van der Waals surface area contributed by atoms with Crippen molar-refractivity contribution < 1.29 is 4.74 Å². The molecule has 2 aromatic carbocycles. The van der Waals surface area contributed by atoms with E-state index in [-0.39, 0.29) is 0 Å². The van der Waals surface area contributed by atoms with Crippen molar-refractivity contribution in [3.05, 3.63) is 97.3 Å². The molecule has 3 aromatic heterocycles. The molecule has 0 unspecified atom stereocenters. The Kier molecular flexibility index (Phi) is 6.74. The minimum Gasteiger partial charge on any atom is -0.481 e. The van der Waals surface area contributed by atoms with Gasteiger partial charge in [-0.3, -0.25) is 13.9 Å². The van der Waals surface area contributed by atoms with E-state index in [0.717, 1.165) is 38.1 Å². The number of benzene rings is 2. The van der Waals surface area contributed by atoms with E-state index >= 15 is 0 Å². The van der Waals surface area contributed by atoms with Gasteiger partial charge in [-0.1, -0.05) is 48.0 Å². The number of fused-ring (bicyclic) bond motifs is 1. The lowest BCUT2D eigenvalue weighted by molar-refractivity contribution is 0.395. The fourth-order valence-electron chi connectivity index (χ4n) is 4.80. The van der Waals surface area contributed by atoms with E-state index in [1.54, 1.807) is 20.2 Å². The normalized spacial score (nSPS) is 11.2. The number of anilines is 2. The molecule has 0 amide bonds. The number of nitrogens with one attached hydrogen (secondary N) is 1. The van der Waals surface area contributed by atoms with Crippen molar-refractivity contribution in [2.75, 3.05) is 12.4 Å². The lowest BCUT2D eigenvalue weighted by atomic mass is 9.96. The smallest absolute Gasteiger partial charge is 0.330 e. The Labute approximate surface area is 230 Å². The topological polar surface area (TPSA) is 91.0 Å². The van der Waals surface area contributed by atoms with Gasteiger partial charge >= 0.3 is 5.69 Å². The van der Waals surface area contributed by atoms with Crippen LogP contribution in [0.4, 0.5) is 11.5 Å². The van der Waals surface area contributed by atoms with Crippen molar-refractivity contribution in [2.45, 2.75) is 20.8 Å². The zero-order valence-electron chi connectivity index (χ0n) is 22.6. The number of pyridine rings is 2. The molecule has 0 radical (unpaired) electrons. The quantitative estimate of drug-likeness (QED) is 0.307. The fourth-order valence-corrected chi connectivity index (χ4v) is 5.12. The summed E-state index contributed by atoms with van der Waals surface area (Å²) in [7, 11) is 4.71. The number of aromatic nitrogens is 4. The molecule has 0 fully saturated rings. The van der Waals surface area contributed by atoms with Crippen LogP contribution in [-0.2, 0) is 14.1 Å². The molecule has 0 spiro atoms. The summed E-state index contributed by atoms with van der Waals surface area (Å²) in [5, 5.41) is 4.27. The zero-order valence-corrected chi connectivity index (χ0v) is 23.3. The first-order chi connectivity index (χ1) is 18.6. The predicted molar refractivity (Wildman–Crippen MR) is 156 cm³/mol. The molecule has 8 nitrogen and oxygen atoms in total. The van der Waals surface area contributed by atoms with E-state index < -0.39 is 11.2 Å². The molecule has 0 bridgehead atoms. The summed E-state index contributed by atoms with van der Waals surface area (Å²) >= 11 is 6.98. The molecule has 0 saturated carbocycles. The Morgan fingerprint density at radius 3 is 2.31 bits per heavy atom. The lowest BCUT2D eigenvalue weighted by Crippen LogP contribution is -2.37. The van der Waals surface area contributed by atoms with Gasteiger partial charge in [-0.25, -0.2) is 14.8 Å². The van der Waals surface area contributed by atoms with Gasteiger partial charge in [0.2, 0.25) is 5.88 Å². The molecule has 39 heavy (non-hydrogen) atoms. The number of rotatable bonds is 5. The maximum absolute atomic E-state index is 13.1. The molecule has 198 valence electrons. The third-order valence-corrected chi connectivity index (χ3v) is 7.38. The van der Waals surface area contributed by atoms with E-state index in [2.05, 4.69) is 15.3 Å². The zero-order chi connectivity index (χ0) is 28.0. The molecule has 0 aliphatic rings. The van der Waals surface area contributed by atoms with Gasteiger partial charge in [-0.15, -0.1) is 0 Å². The van der Waals surface area contributed by atoms with Crippen molar-refractivity contribution >= 4 is 34.0 Å². The van der Waals surface area contributed by atoms with E-state index in [0.29, 0.717) is 39.0 Å². The monoisotopic (exact) mass is 541 g/mol. The number of aryl methyl sites for hydroxylation is 3. The summed E-state index contributed by atoms with van der Waals surface area (Å²) in [6.07, 6.45) is 0. The molecule has 1 N–H and O–H groups in total. The maximum Gasteiger partial charge on any atom is 0.330 e. The third kappa shape index (κ3) is 4.46. The summed E-state index contributed by atoms with van der Waals surface area (Å²) in [6.45, 7) is 5.76. The van der Waals surface area contributed by atoms with Crippen LogP contribution in [0.1, 0.15) is 16.8 Å². The first kappa shape index (κ1) is 26.2. The summed E-state index contributed by atoms with van der Waals surface area (Å²) in [5.74, 6) is 0.940. The fraction of sp³-hybridized carbons (Fsp3) is 0.200. The number of hydrogen-bond acceptors (Lipinski definition) is 6. The SMILES string of the molecule is COc1nc(-c2cccc(-c3cccc(Nc4nc(C)cc5c4c(=O)n(C)c(=O)n5C)c3C)c2Cl)ccc1C. The molecule has 5 aromatic rings. The van der Waals surface area contributed by atoms with Gasteiger partial charge in [-0.05, 0) is 50.1 Å². The summed E-state index contributed by atoms with van der Waals surface area (Å²) in [5.41, 5.74) is 6.29. The highest BCUT2D eigenvalue weighted by Gasteiger charge is 2.18. The number of hydrogen-bond donors (Lipinski definition) is 1. The van der Waals surface area contributed by atoms with Crippen LogP contribution in [0, 0.1) is 20.8 Å². The molecule has 0 aliphatic carbocycles. The van der Waals surface area contributed by atoms with Crippen LogP contribution in [0.2, 0.25) is 5.02 Å². The highest BCUT2D eigenvalue weighted by Crippen LogP contribution is 2.39. The van der Waals surface area contributed by atoms with Crippen LogP contribution in [0.3, 0.4) is 0 Å². The van der Waals surface area contributed by atoms with E-state index in [9.17, 15) is 9.59 Å². The average Bonchev–Trinajstić information content (AvgIpc) is 2.92. The highest BCUT2D eigenvalue weighted by molar-refractivity contribution is 6.36. The largest absolute Gasteiger partial charge is 0.481 e. The minimum absolute atomic E-state index is 0.342. The number of ether oxygens (including phenoxy) is 1. The van der Waals surface area contributed by atoms with Crippen molar-refractivity contribution in [3.63, 3.8) is 0 Å². The van der Waals surface area contributed by atoms with Crippen molar-refractivity contribution in [1.29, 1.82) is 0 Å². The maximum atomic E-state index is 13.1. The molecule has 5 rings (SSSR count). The van der Waals surface area contributed by atoms with Crippen LogP contribution in [0.25, 0.3) is 33.3 Å². The van der Waals surface area contributed by atoms with Crippen molar-refractivity contribution in [1.82, 2.24) is 19.1 Å². The second kappa shape index (κ2) is 10.0. The first-order valence-corrected chi connectivity index (χ1v) is 12.7. The molecular weight excluding hydrogens is 514 g/mol. The Morgan fingerprint density at radius 1 is 0.872 bits per heavy atom. The van der Waals surface area contributed by atoms with Gasteiger partial charge in [0.25, 0.3) is 5.56 Å². The Hall–Kier alpha value is -4.43. The van der Waals surface area contributed by atoms with Crippen LogP contribution in [-0.4, -0.2) is 26.2 Å². The van der Waals surface area contributed by atoms with Crippen molar-refractivity contribution in [3.8, 4) is 28.3 Å². The van der Waals surface area contributed by atoms with Crippen molar-refractivity contribution in [2.24, 2.45) is 14.1 Å². The Balaban J connectivity index is 1.63. The summed E-state index contributed by atoms with van der Waals surface area (Å²) in [6, 6.07) is 17.3. The highest BCUT2D eigenvalue weighted by atomic mass is 35.5. The Bertz CT molecular complexity index is 1890. The second-order valence-electron chi connectivity index (χ2n) is 9.51. The number of halogens is 1. The van der Waals surface area contributed by atoms with E-state index in [1.807, 2.05) is 69.3 Å². The first-order valence-electron chi connectivity index (χ1n) is 12.4. The van der Waals surface area contributed by atoms with E-state index in [4.69, 9.17) is 16.3 Å². The minimum atomic E-state index is -0.409. The third-order valence-electron chi connectivity index (χ3n) is 6.98. The van der Waals surface area contributed by atoms with Gasteiger partial charge in [0.15, 0.2) is 0 Å². The number of nitrogens with zero attached hydrogens (tertiary/aromatic N) is 4. The predicted octanol–water partition coefficient (Wildman–Crippen LogP) is 5.69. The standard InChI is InChI=1S/C30H28ClN5O3/c1-16-13-14-23(34-28(16)39-6)21-11-7-10-20(26(21)31)19-9-8-12-22(18(19)3)33-27-25-24(15-17(2)32-27)35(4)30(38)36(5)29(25)37/h7-15H,1-6H3,(H,32,33). The van der Waals surface area contributed by atoms with Crippen LogP contribution < -0.4 is 21.3 Å². The van der Waals surface area contributed by atoms with E-state index in [1.165, 1.54) is 11.6 Å². The molecule has 0 aliphatic heterocycles. The molecule has 9 heteroatoms. The van der Waals surface area contributed by atoms with Gasteiger partial charge in [0.05, 0.1) is 23.3 Å². The van der Waals surface area contributed by atoms with Gasteiger partial charge in [0, 0.05) is 42.2 Å². The van der Waals surface area contributed by atoms with Gasteiger partial charge in [0.1, 0.15) is 11.2 Å². The van der Waals surface area contributed by atoms with Crippen LogP contribution in [0.5, 0.6) is 5.88 Å². The van der Waals surface area contributed by atoms with Gasteiger partial charge < -0.3 is 10.1 Å². The summed E-state index contributed by atoms with van der Waals surface area (Å²) in [4.78, 5) is 34.9. The van der Waals surface area contributed by atoms with Gasteiger partial charge in [-0.2, -0.15) is 0 Å². The van der Waals surface area contributed by atoms with Crippen LogP contribution >= 0.6 is 11.6 Å². The number of methoxy groups -OCH3 is 1. The van der Waals surface area contributed by atoms with Crippen LogP contribution in [0.15, 0.2) is 64.2 Å². The lowest BCUT2D eigenvalue weighted by Gasteiger charge is -2.17. The average molecular weight is 542 g/mol. The molecular formula is C30H28ClN5O3. The second-order valence-corrected chi connectivity index (χ2v) is 9.88. The summed E-state index contributed by atoms with van der Waals surface area (Å²) < 4.78 is 7.96. The molecule has 3 heterocycles. The molecule has 0 atom stereocenters. The molecule has 0 saturated heterocycles. The Morgan fingerprint density at radius 2 is 1.56 bits per heavy atom.